The number of para-hydroxylation sites is 15. The van der Waals surface area contributed by atoms with Crippen LogP contribution in [0.3, 0.4) is 0 Å². The Morgan fingerprint density at radius 2 is 0.286 bits per heavy atom. The van der Waals surface area contributed by atoms with Crippen molar-refractivity contribution in [3.8, 4) is 74.2 Å². The smallest absolute Gasteiger partial charge is 0.140 e. The molecule has 0 aliphatic rings. The topological polar surface area (TPSA) is 83.0 Å². The minimum atomic E-state index is 0.819. The van der Waals surface area contributed by atoms with Gasteiger partial charge < -0.3 is 22.8 Å². The lowest BCUT2D eigenvalue weighted by molar-refractivity contribution is 1.01. The van der Waals surface area contributed by atoms with Crippen LogP contribution in [0.1, 0.15) is 0 Å². The maximum Gasteiger partial charge on any atom is 0.140 e. The fraction of sp³-hybridized carbons (Fsp3) is 0. The second-order valence-electron chi connectivity index (χ2n) is 38.0. The van der Waals surface area contributed by atoms with E-state index in [4.69, 9.17) is 15.0 Å². The van der Waals surface area contributed by atoms with Crippen LogP contribution in [0.15, 0.2) is 522 Å². The minimum Gasteiger partial charge on any atom is -0.309 e. The van der Waals surface area contributed by atoms with Crippen LogP contribution >= 0.6 is 0 Å². The van der Waals surface area contributed by atoms with Crippen molar-refractivity contribution in [2.75, 3.05) is 0 Å². The molecule has 12 heterocycles. The molecule has 0 fully saturated rings. The van der Waals surface area contributed by atoms with Gasteiger partial charge in [0.25, 0.3) is 0 Å². The Kier molecular flexibility index (Phi) is 18.8. The molecule has 0 radical (unpaired) electrons. The third-order valence-corrected chi connectivity index (χ3v) is 30.1. The molecule has 0 atom stereocenters. The van der Waals surface area contributed by atoms with Gasteiger partial charge in [-0.2, -0.15) is 0 Å². The first-order chi connectivity index (χ1) is 73.0. The standard InChI is InChI=1S/C48H31N3.C46H29N5.C41H26N4/c1-6-23-41-36(18-1)37-19-2-7-24-42(37)49(41)34-16-11-14-32(30-34)33-15-12-17-35(31-33)50-45-27-10-5-22-40(45)48-46(50)28-13-29-47(48)51-43-25-8-3-20-38(43)39-21-4-9-26-44(39)51;1-6-21-37-30(14-1)31-15-2-7-22-38(31)49(37)42-26-13-27-43-46(42)34-18-5-10-25-41(34)51(43)45-29-12-20-36(48-45)35-19-11-28-44(47-35)50-39-23-8-3-16-32(39)33-17-4-9-24-40(33)50;1-6-18-32-27(13-1)28-14-2-7-19-33(28)43(32)37-23-11-24-38-41(37)31-17-5-10-22-36(31)45(38)40-26-12-25-39(42-40)44-34-20-8-3-15-29(34)30-16-4-9-21-35(30)44/h1-31H;1-29H;1-26H. The van der Waals surface area contributed by atoms with Crippen molar-refractivity contribution in [2.24, 2.45) is 0 Å². The summed E-state index contributed by atoms with van der Waals surface area (Å²) in [5, 5.41) is 22.3. The molecule has 0 bridgehead atoms. The summed E-state index contributed by atoms with van der Waals surface area (Å²) >= 11 is 0. The summed E-state index contributed by atoms with van der Waals surface area (Å²) in [7, 11) is 0. The summed E-state index contributed by atoms with van der Waals surface area (Å²) in [6.07, 6.45) is 0. The van der Waals surface area contributed by atoms with Gasteiger partial charge in [-0.1, -0.05) is 334 Å². The lowest BCUT2D eigenvalue weighted by Gasteiger charge is -2.13. The van der Waals surface area contributed by atoms with Crippen molar-refractivity contribution in [1.29, 1.82) is 0 Å². The van der Waals surface area contributed by atoms with Crippen LogP contribution in [-0.4, -0.2) is 56.1 Å². The van der Waals surface area contributed by atoms with Crippen LogP contribution in [0.5, 0.6) is 0 Å². The summed E-state index contributed by atoms with van der Waals surface area (Å²) < 4.78 is 21.3. The largest absolute Gasteiger partial charge is 0.309 e. The minimum absolute atomic E-state index is 0.819. The van der Waals surface area contributed by atoms with Crippen molar-refractivity contribution in [3.05, 3.63) is 522 Å². The Balaban J connectivity index is 0.000000102. The number of benzene rings is 20. The summed E-state index contributed by atoms with van der Waals surface area (Å²) in [5.74, 6) is 3.50. The molecular weight excluding hydrogens is 1790 g/mol. The molecule has 0 aliphatic heterocycles. The Labute approximate surface area is 842 Å². The van der Waals surface area contributed by atoms with Gasteiger partial charge in [0.05, 0.1) is 128 Å². The maximum atomic E-state index is 5.37. The molecule has 12 aromatic heterocycles. The molecule has 0 amide bonds. The number of rotatable bonds is 11. The number of hydrogen-bond acceptors (Lipinski definition) is 3. The molecule has 32 rings (SSSR count). The van der Waals surface area contributed by atoms with Gasteiger partial charge in [-0.25, -0.2) is 15.0 Å². The first-order valence-electron chi connectivity index (χ1n) is 50.1. The summed E-state index contributed by atoms with van der Waals surface area (Å²) in [5.41, 5.74) is 30.9. The lowest BCUT2D eigenvalue weighted by atomic mass is 10.0. The van der Waals surface area contributed by atoms with E-state index in [0.29, 0.717) is 0 Å². The van der Waals surface area contributed by atoms with E-state index in [9.17, 15) is 0 Å². The summed E-state index contributed by atoms with van der Waals surface area (Å²) in [4.78, 5) is 15.9. The first-order valence-corrected chi connectivity index (χ1v) is 50.1. The molecular formula is C135H86N12. The molecule has 0 saturated carbocycles. The first kappa shape index (κ1) is 82.9. The van der Waals surface area contributed by atoms with Crippen LogP contribution in [0, 0.1) is 0 Å². The highest BCUT2D eigenvalue weighted by Crippen LogP contribution is 2.47. The van der Waals surface area contributed by atoms with Gasteiger partial charge in [0.15, 0.2) is 0 Å². The van der Waals surface area contributed by atoms with Crippen LogP contribution in [0.4, 0.5) is 0 Å². The number of nitrogens with zero attached hydrogens (tertiary/aromatic N) is 12. The van der Waals surface area contributed by atoms with E-state index in [1.807, 2.05) is 0 Å². The molecule has 0 saturated heterocycles. The fourth-order valence-electron chi connectivity index (χ4n) is 24.1. The predicted octanol–water partition coefficient (Wildman–Crippen LogP) is 34.5. The van der Waals surface area contributed by atoms with Gasteiger partial charge in [-0.15, -0.1) is 0 Å². The second kappa shape index (κ2) is 33.4. The van der Waals surface area contributed by atoms with Crippen molar-refractivity contribution in [3.63, 3.8) is 0 Å². The zero-order valence-electron chi connectivity index (χ0n) is 79.5. The fourth-order valence-corrected chi connectivity index (χ4v) is 24.1. The van der Waals surface area contributed by atoms with Gasteiger partial charge >= 0.3 is 0 Å². The zero-order valence-corrected chi connectivity index (χ0v) is 79.5. The van der Waals surface area contributed by atoms with Crippen molar-refractivity contribution < 1.29 is 0 Å². The van der Waals surface area contributed by atoms with E-state index < -0.39 is 0 Å². The van der Waals surface area contributed by atoms with E-state index in [1.54, 1.807) is 0 Å². The highest BCUT2D eigenvalue weighted by Gasteiger charge is 2.28. The average Bonchev–Trinajstić information content (AvgIpc) is 1.57. The van der Waals surface area contributed by atoms with Crippen LogP contribution in [0.25, 0.3) is 270 Å². The lowest BCUT2D eigenvalue weighted by Crippen LogP contribution is -2.03. The molecule has 147 heavy (non-hydrogen) atoms. The Morgan fingerprint density at radius 3 is 0.551 bits per heavy atom. The van der Waals surface area contributed by atoms with Gasteiger partial charge in [0, 0.05) is 108 Å². The van der Waals surface area contributed by atoms with E-state index in [1.165, 1.54) is 175 Å². The molecule has 12 nitrogen and oxygen atoms in total. The Bertz CT molecular complexity index is 10300. The van der Waals surface area contributed by atoms with E-state index in [0.717, 1.165) is 95.9 Å². The molecule has 0 unspecified atom stereocenters. The highest BCUT2D eigenvalue weighted by atomic mass is 15.2. The Morgan fingerprint density at radius 1 is 0.116 bits per heavy atom. The second-order valence-corrected chi connectivity index (χ2v) is 38.0. The summed E-state index contributed by atoms with van der Waals surface area (Å²) in [6.45, 7) is 0. The quantitative estimate of drug-likeness (QED) is 0.129. The summed E-state index contributed by atoms with van der Waals surface area (Å²) in [6, 6.07) is 187. The zero-order chi connectivity index (χ0) is 96.4. The van der Waals surface area contributed by atoms with Gasteiger partial charge in [-0.3, -0.25) is 18.3 Å². The normalized spacial score (nSPS) is 11.9. The van der Waals surface area contributed by atoms with Crippen LogP contribution in [-0.2, 0) is 0 Å². The number of hydrogen-bond donors (Lipinski definition) is 0. The molecule has 0 aliphatic carbocycles. The van der Waals surface area contributed by atoms with Crippen molar-refractivity contribution in [1.82, 2.24) is 56.1 Å². The number of pyridine rings is 3. The van der Waals surface area contributed by atoms with Crippen LogP contribution in [0.2, 0.25) is 0 Å². The third-order valence-electron chi connectivity index (χ3n) is 30.1. The third kappa shape index (κ3) is 12.8. The molecule has 12 heteroatoms. The maximum absolute atomic E-state index is 5.37. The molecule has 686 valence electrons. The van der Waals surface area contributed by atoms with Gasteiger partial charge in [-0.05, 0) is 199 Å². The predicted molar refractivity (Wildman–Crippen MR) is 613 cm³/mol. The van der Waals surface area contributed by atoms with Crippen molar-refractivity contribution >= 4 is 196 Å². The highest BCUT2D eigenvalue weighted by molar-refractivity contribution is 6.22. The van der Waals surface area contributed by atoms with E-state index >= 15 is 0 Å². The molecule has 32 aromatic rings. The number of aromatic nitrogens is 12. The van der Waals surface area contributed by atoms with E-state index in [2.05, 4.69) is 563 Å². The molecule has 0 spiro atoms. The van der Waals surface area contributed by atoms with E-state index in [-0.39, 0.29) is 0 Å². The number of fused-ring (bicyclic) bond motifs is 27. The average molecular weight is 1880 g/mol. The van der Waals surface area contributed by atoms with Gasteiger partial charge in [0.2, 0.25) is 0 Å². The van der Waals surface area contributed by atoms with Crippen molar-refractivity contribution in [2.45, 2.75) is 0 Å². The molecule has 20 aromatic carbocycles. The Hall–Kier alpha value is -20.0. The van der Waals surface area contributed by atoms with Crippen LogP contribution < -0.4 is 0 Å². The van der Waals surface area contributed by atoms with Gasteiger partial charge in [0.1, 0.15) is 23.3 Å². The molecule has 0 N–H and O–H groups in total. The monoisotopic (exact) mass is 1870 g/mol. The SMILES string of the molecule is c1cc(-c2cccc(-n3c4ccccc4c4c(-n5c6ccccc6c6ccccc65)cccc43)c2)cc(-n2c3ccccc3c3ccccc32)c1.c1cc(-c2cccc(-n3c4ccccc4c4c(-n5c6ccccc6c6ccccc65)cccc43)n2)nc(-n2c3ccccc3c3ccccc32)c1.c1cc(-n2c3ccccc3c3ccccc32)nc(-n2c3ccccc3c3c(-n4c5ccccc5c5ccccc54)cccc32)c1.